The topological polar surface area (TPSA) is 92.7 Å². The second kappa shape index (κ2) is 8.11. The molecule has 0 atom stereocenters. The smallest absolute Gasteiger partial charge is 0.335 e. The summed E-state index contributed by atoms with van der Waals surface area (Å²) in [5.41, 5.74) is 0.210. The summed E-state index contributed by atoms with van der Waals surface area (Å²) in [7, 11) is -3.73. The predicted octanol–water partition coefficient (Wildman–Crippen LogP) is 1.79. The molecule has 2 N–H and O–H groups in total. The lowest BCUT2D eigenvalue weighted by molar-refractivity contribution is 0.0696. The van der Waals surface area contributed by atoms with Crippen LogP contribution in [0.4, 0.5) is 0 Å². The highest BCUT2D eigenvalue weighted by molar-refractivity contribution is 7.89. The number of rotatable bonds is 9. The van der Waals surface area contributed by atoms with Gasteiger partial charge in [-0.2, -0.15) is 0 Å². The van der Waals surface area contributed by atoms with E-state index in [1.807, 2.05) is 6.92 Å². The van der Waals surface area contributed by atoms with Crippen molar-refractivity contribution in [2.45, 2.75) is 31.6 Å². The fourth-order valence-electron chi connectivity index (χ4n) is 1.81. The highest BCUT2D eigenvalue weighted by atomic mass is 32.2. The maximum atomic E-state index is 12.2. The Morgan fingerprint density at radius 2 is 2.05 bits per heavy atom. The van der Waals surface area contributed by atoms with Gasteiger partial charge in [0.05, 0.1) is 17.1 Å². The van der Waals surface area contributed by atoms with Gasteiger partial charge in [0, 0.05) is 13.2 Å². The number of benzene rings is 1. The van der Waals surface area contributed by atoms with Gasteiger partial charge in [-0.3, -0.25) is 0 Å². The Labute approximate surface area is 125 Å². The second-order valence-electron chi connectivity index (χ2n) is 4.60. The summed E-state index contributed by atoms with van der Waals surface area (Å²) in [5.74, 6) is -1.15. The molecule has 6 nitrogen and oxygen atoms in total. The molecule has 0 heterocycles. The summed E-state index contributed by atoms with van der Waals surface area (Å²) in [6, 6.07) is 4.19. The third-order valence-corrected chi connectivity index (χ3v) is 4.59. The van der Waals surface area contributed by atoms with Crippen molar-refractivity contribution in [1.29, 1.82) is 0 Å². The Morgan fingerprint density at radius 1 is 1.33 bits per heavy atom. The highest BCUT2D eigenvalue weighted by Gasteiger charge is 2.20. The fraction of sp³-hybridized carbons (Fsp3) is 0.500. The highest BCUT2D eigenvalue weighted by Crippen LogP contribution is 2.18. The van der Waals surface area contributed by atoms with E-state index >= 15 is 0 Å². The third-order valence-electron chi connectivity index (χ3n) is 2.98. The minimum Gasteiger partial charge on any atom is -0.478 e. The van der Waals surface area contributed by atoms with Crippen LogP contribution in [-0.4, -0.2) is 39.3 Å². The van der Waals surface area contributed by atoms with Gasteiger partial charge in [0.15, 0.2) is 0 Å². The van der Waals surface area contributed by atoms with Crippen LogP contribution in [0, 0.1) is 6.92 Å². The van der Waals surface area contributed by atoms with Crippen LogP contribution in [-0.2, 0) is 14.8 Å². The number of carboxylic acids is 1. The van der Waals surface area contributed by atoms with Crippen LogP contribution in [0.2, 0.25) is 0 Å². The molecule has 1 rings (SSSR count). The summed E-state index contributed by atoms with van der Waals surface area (Å²) >= 11 is 0. The molecule has 0 aliphatic carbocycles. The summed E-state index contributed by atoms with van der Waals surface area (Å²) in [5, 5.41) is 9.02. The van der Waals surface area contributed by atoms with Gasteiger partial charge in [0.2, 0.25) is 10.0 Å². The van der Waals surface area contributed by atoms with Crippen LogP contribution in [0.5, 0.6) is 0 Å². The average molecular weight is 315 g/mol. The predicted molar refractivity (Wildman–Crippen MR) is 79.1 cm³/mol. The maximum Gasteiger partial charge on any atom is 0.335 e. The van der Waals surface area contributed by atoms with Crippen molar-refractivity contribution < 1.29 is 23.1 Å². The first kappa shape index (κ1) is 17.6. The van der Waals surface area contributed by atoms with Crippen LogP contribution >= 0.6 is 0 Å². The first-order chi connectivity index (χ1) is 9.90. The van der Waals surface area contributed by atoms with Crippen LogP contribution in [0.15, 0.2) is 23.1 Å². The fourth-order valence-corrected chi connectivity index (χ4v) is 3.09. The van der Waals surface area contributed by atoms with Gasteiger partial charge < -0.3 is 9.84 Å². The Morgan fingerprint density at radius 3 is 2.67 bits per heavy atom. The molecule has 0 aromatic heterocycles. The monoisotopic (exact) mass is 315 g/mol. The number of nitrogens with one attached hydrogen (secondary N) is 1. The molecular weight excluding hydrogens is 294 g/mol. The van der Waals surface area contributed by atoms with Gasteiger partial charge in [-0.15, -0.1) is 0 Å². The van der Waals surface area contributed by atoms with E-state index in [0.29, 0.717) is 6.61 Å². The van der Waals surface area contributed by atoms with E-state index in [0.717, 1.165) is 12.8 Å². The molecule has 0 aliphatic heterocycles. The molecule has 21 heavy (non-hydrogen) atoms. The summed E-state index contributed by atoms with van der Waals surface area (Å²) in [6.45, 7) is 4.57. The third kappa shape index (κ3) is 5.11. The zero-order valence-electron chi connectivity index (χ0n) is 12.3. The van der Waals surface area contributed by atoms with Gasteiger partial charge in [0.25, 0.3) is 0 Å². The van der Waals surface area contributed by atoms with E-state index in [2.05, 4.69) is 4.72 Å². The van der Waals surface area contributed by atoms with Crippen molar-refractivity contribution >= 4 is 16.0 Å². The normalized spacial score (nSPS) is 11.5. The van der Waals surface area contributed by atoms with Crippen LogP contribution in [0.3, 0.4) is 0 Å². The number of hydrogen-bond acceptors (Lipinski definition) is 4. The Kier molecular flexibility index (Phi) is 6.80. The standard InChI is InChI=1S/C14H21NO5S/c1-3-4-9-20-10-8-15-21(18,19)13-7-5-6-12(11(13)2)14(16)17/h5-7,15H,3-4,8-10H2,1-2H3,(H,16,17). The lowest BCUT2D eigenvalue weighted by Crippen LogP contribution is -2.28. The maximum absolute atomic E-state index is 12.2. The molecule has 0 saturated heterocycles. The molecule has 0 radical (unpaired) electrons. The van der Waals surface area contributed by atoms with Crippen LogP contribution < -0.4 is 4.72 Å². The average Bonchev–Trinajstić information content (AvgIpc) is 2.42. The van der Waals surface area contributed by atoms with Crippen LogP contribution in [0.25, 0.3) is 0 Å². The Balaban J connectivity index is 2.71. The molecule has 0 bridgehead atoms. The van der Waals surface area contributed by atoms with E-state index in [9.17, 15) is 13.2 Å². The van der Waals surface area contributed by atoms with Gasteiger partial charge in [0.1, 0.15) is 0 Å². The first-order valence-corrected chi connectivity index (χ1v) is 8.28. The molecule has 0 amide bonds. The number of sulfonamides is 1. The minimum absolute atomic E-state index is 0.0166. The largest absolute Gasteiger partial charge is 0.478 e. The molecule has 1 aromatic carbocycles. The van der Waals surface area contributed by atoms with Crippen molar-refractivity contribution in [1.82, 2.24) is 4.72 Å². The Hall–Kier alpha value is -1.44. The molecule has 0 aliphatic rings. The summed E-state index contributed by atoms with van der Waals surface area (Å²) in [4.78, 5) is 11.0. The number of ether oxygens (including phenoxy) is 1. The molecule has 118 valence electrons. The van der Waals surface area contributed by atoms with Crippen molar-refractivity contribution in [3.05, 3.63) is 29.3 Å². The van der Waals surface area contributed by atoms with Gasteiger partial charge in [-0.1, -0.05) is 19.4 Å². The van der Waals surface area contributed by atoms with E-state index in [1.165, 1.54) is 25.1 Å². The molecule has 7 heteroatoms. The molecule has 0 fully saturated rings. The van der Waals surface area contributed by atoms with E-state index < -0.39 is 16.0 Å². The number of aromatic carboxylic acids is 1. The summed E-state index contributed by atoms with van der Waals surface area (Å²) in [6.07, 6.45) is 1.96. The molecular formula is C14H21NO5S. The molecule has 0 spiro atoms. The van der Waals surface area contributed by atoms with Crippen molar-refractivity contribution in [3.63, 3.8) is 0 Å². The van der Waals surface area contributed by atoms with Crippen LogP contribution in [0.1, 0.15) is 35.7 Å². The van der Waals surface area contributed by atoms with E-state index in [1.54, 1.807) is 0 Å². The van der Waals surface area contributed by atoms with E-state index in [-0.39, 0.29) is 29.2 Å². The zero-order valence-corrected chi connectivity index (χ0v) is 13.1. The zero-order chi connectivity index (χ0) is 15.9. The van der Waals surface area contributed by atoms with Gasteiger partial charge in [-0.25, -0.2) is 17.9 Å². The summed E-state index contributed by atoms with van der Waals surface area (Å²) < 4.78 is 32.0. The van der Waals surface area contributed by atoms with Gasteiger partial charge in [-0.05, 0) is 31.0 Å². The number of carbonyl (C=O) groups is 1. The lowest BCUT2D eigenvalue weighted by atomic mass is 10.1. The molecule has 0 saturated carbocycles. The molecule has 0 unspecified atom stereocenters. The van der Waals surface area contributed by atoms with Crippen molar-refractivity contribution in [2.75, 3.05) is 19.8 Å². The number of hydrogen-bond donors (Lipinski definition) is 2. The van der Waals surface area contributed by atoms with Crippen molar-refractivity contribution in [3.8, 4) is 0 Å². The quantitative estimate of drug-likeness (QED) is 0.678. The van der Waals surface area contributed by atoms with E-state index in [4.69, 9.17) is 9.84 Å². The lowest BCUT2D eigenvalue weighted by Gasteiger charge is -2.11. The SMILES string of the molecule is CCCCOCCNS(=O)(=O)c1cccc(C(=O)O)c1C. The second-order valence-corrected chi connectivity index (χ2v) is 6.33. The van der Waals surface area contributed by atoms with Crippen molar-refractivity contribution in [2.24, 2.45) is 0 Å². The number of carboxylic acid groups (broad SMARTS) is 1. The minimum atomic E-state index is -3.73. The first-order valence-electron chi connectivity index (χ1n) is 6.80. The number of unbranched alkanes of at least 4 members (excludes halogenated alkanes) is 1. The molecule has 1 aromatic rings. The van der Waals surface area contributed by atoms with Gasteiger partial charge >= 0.3 is 5.97 Å². The Bertz CT molecular complexity index is 583.